The number of alkyl halides is 2. The number of hydrogen-bond donors (Lipinski definition) is 1. The third-order valence-corrected chi connectivity index (χ3v) is 4.59. The van der Waals surface area contributed by atoms with Gasteiger partial charge in [0.15, 0.2) is 11.5 Å². The highest BCUT2D eigenvalue weighted by atomic mass is 35.5. The van der Waals surface area contributed by atoms with Crippen LogP contribution >= 0.6 is 12.4 Å². The molecular formula is C17H25ClF2N2O2. The van der Waals surface area contributed by atoms with Gasteiger partial charge in [-0.1, -0.05) is 26.3 Å². The SMILES string of the molecule is CCCC(C)[C@@H](c1ccc2c(c1)OC(F)(F)O2)N1CCNCC1.Cl. The molecule has 2 aliphatic heterocycles. The molecule has 0 saturated carbocycles. The molecule has 0 spiro atoms. The van der Waals surface area contributed by atoms with Gasteiger partial charge in [-0.05, 0) is 30.0 Å². The number of rotatable bonds is 5. The van der Waals surface area contributed by atoms with E-state index in [1.165, 1.54) is 0 Å². The minimum absolute atomic E-state index is 0. The predicted molar refractivity (Wildman–Crippen MR) is 91.1 cm³/mol. The van der Waals surface area contributed by atoms with Gasteiger partial charge in [-0.2, -0.15) is 0 Å². The average Bonchev–Trinajstić information content (AvgIpc) is 2.82. The molecule has 2 atom stereocenters. The van der Waals surface area contributed by atoms with Crippen molar-refractivity contribution in [2.24, 2.45) is 5.92 Å². The van der Waals surface area contributed by atoms with Crippen molar-refractivity contribution in [1.82, 2.24) is 10.2 Å². The summed E-state index contributed by atoms with van der Waals surface area (Å²) < 4.78 is 35.6. The lowest BCUT2D eigenvalue weighted by molar-refractivity contribution is -0.286. The zero-order valence-electron chi connectivity index (χ0n) is 14.1. The summed E-state index contributed by atoms with van der Waals surface area (Å²) >= 11 is 0. The van der Waals surface area contributed by atoms with Crippen molar-refractivity contribution < 1.29 is 18.3 Å². The number of halogens is 3. The molecule has 1 aromatic rings. The van der Waals surface area contributed by atoms with E-state index in [0.29, 0.717) is 5.92 Å². The zero-order valence-corrected chi connectivity index (χ0v) is 14.9. The Labute approximate surface area is 147 Å². The van der Waals surface area contributed by atoms with Crippen molar-refractivity contribution in [3.05, 3.63) is 23.8 Å². The fourth-order valence-corrected chi connectivity index (χ4v) is 3.62. The summed E-state index contributed by atoms with van der Waals surface area (Å²) in [7, 11) is 0. The summed E-state index contributed by atoms with van der Waals surface area (Å²) in [4.78, 5) is 2.44. The molecule has 1 fully saturated rings. The van der Waals surface area contributed by atoms with Crippen LogP contribution in [-0.2, 0) is 0 Å². The normalized spacial score (nSPS) is 21.8. The second-order valence-corrected chi connectivity index (χ2v) is 6.37. The highest BCUT2D eigenvalue weighted by Crippen LogP contribution is 2.43. The molecule has 0 bridgehead atoms. The van der Waals surface area contributed by atoms with E-state index in [1.54, 1.807) is 12.1 Å². The minimum atomic E-state index is -3.56. The van der Waals surface area contributed by atoms with E-state index in [0.717, 1.165) is 44.6 Å². The first-order chi connectivity index (χ1) is 11.0. The van der Waals surface area contributed by atoms with E-state index in [9.17, 15) is 8.78 Å². The Morgan fingerprint density at radius 2 is 1.88 bits per heavy atom. The van der Waals surface area contributed by atoms with E-state index in [4.69, 9.17) is 0 Å². The van der Waals surface area contributed by atoms with Crippen LogP contribution in [0.2, 0.25) is 0 Å². The van der Waals surface area contributed by atoms with Crippen LogP contribution < -0.4 is 14.8 Å². The Kier molecular flexibility index (Phi) is 6.28. The molecule has 1 aromatic carbocycles. The first-order valence-corrected chi connectivity index (χ1v) is 8.34. The number of piperazine rings is 1. The summed E-state index contributed by atoms with van der Waals surface area (Å²) in [6, 6.07) is 5.41. The van der Waals surface area contributed by atoms with E-state index >= 15 is 0 Å². The average molecular weight is 363 g/mol. The molecule has 24 heavy (non-hydrogen) atoms. The molecule has 3 rings (SSSR count). The molecule has 1 saturated heterocycles. The maximum Gasteiger partial charge on any atom is 0.586 e. The molecule has 0 amide bonds. The lowest BCUT2D eigenvalue weighted by atomic mass is 9.89. The van der Waals surface area contributed by atoms with Crippen LogP contribution in [0.4, 0.5) is 8.78 Å². The molecule has 0 aromatic heterocycles. The third-order valence-electron chi connectivity index (χ3n) is 4.59. The smallest absolute Gasteiger partial charge is 0.395 e. The van der Waals surface area contributed by atoms with Crippen molar-refractivity contribution >= 4 is 12.4 Å². The molecule has 1 N–H and O–H groups in total. The number of hydrogen-bond acceptors (Lipinski definition) is 4. The van der Waals surface area contributed by atoms with Crippen LogP contribution in [0.15, 0.2) is 18.2 Å². The molecule has 136 valence electrons. The van der Waals surface area contributed by atoms with Crippen molar-refractivity contribution in [2.75, 3.05) is 26.2 Å². The first-order valence-electron chi connectivity index (χ1n) is 8.34. The third kappa shape index (κ3) is 4.10. The summed E-state index contributed by atoms with van der Waals surface area (Å²) in [5.74, 6) is 0.691. The highest BCUT2D eigenvalue weighted by molar-refractivity contribution is 5.85. The van der Waals surface area contributed by atoms with Gasteiger partial charge in [-0.15, -0.1) is 21.2 Å². The molecule has 2 aliphatic rings. The fourth-order valence-electron chi connectivity index (χ4n) is 3.62. The maximum atomic E-state index is 13.2. The van der Waals surface area contributed by atoms with Crippen molar-refractivity contribution in [3.8, 4) is 11.5 Å². The molecule has 4 nitrogen and oxygen atoms in total. The molecule has 1 unspecified atom stereocenters. The number of benzene rings is 1. The first kappa shape index (κ1) is 19.2. The van der Waals surface area contributed by atoms with Gasteiger partial charge in [-0.25, -0.2) is 0 Å². The van der Waals surface area contributed by atoms with Gasteiger partial charge < -0.3 is 14.8 Å². The largest absolute Gasteiger partial charge is 0.586 e. The molecule has 0 radical (unpaired) electrons. The van der Waals surface area contributed by atoms with Gasteiger partial charge in [-0.3, -0.25) is 4.90 Å². The molecular weight excluding hydrogens is 338 g/mol. The Morgan fingerprint density at radius 3 is 2.54 bits per heavy atom. The Bertz CT molecular complexity index is 553. The van der Waals surface area contributed by atoms with E-state index < -0.39 is 6.29 Å². The summed E-state index contributed by atoms with van der Waals surface area (Å²) in [6.07, 6.45) is -1.36. The number of fused-ring (bicyclic) bond motifs is 1. The maximum absolute atomic E-state index is 13.2. The highest BCUT2D eigenvalue weighted by Gasteiger charge is 2.43. The van der Waals surface area contributed by atoms with E-state index in [-0.39, 0.29) is 29.9 Å². The van der Waals surface area contributed by atoms with E-state index in [2.05, 4.69) is 33.5 Å². The van der Waals surface area contributed by atoms with Crippen LogP contribution in [-0.4, -0.2) is 37.4 Å². The quantitative estimate of drug-likeness (QED) is 0.863. The molecule has 2 heterocycles. The van der Waals surface area contributed by atoms with Gasteiger partial charge in [0.05, 0.1) is 0 Å². The fraction of sp³-hybridized carbons (Fsp3) is 0.647. The van der Waals surface area contributed by atoms with Gasteiger partial charge >= 0.3 is 6.29 Å². The zero-order chi connectivity index (χ0) is 16.4. The van der Waals surface area contributed by atoms with Gasteiger partial charge in [0.25, 0.3) is 0 Å². The Morgan fingerprint density at radius 1 is 1.21 bits per heavy atom. The van der Waals surface area contributed by atoms with Crippen LogP contribution in [0.1, 0.15) is 38.3 Å². The Balaban J connectivity index is 0.00000208. The molecule has 0 aliphatic carbocycles. The lowest BCUT2D eigenvalue weighted by Gasteiger charge is -2.38. The van der Waals surface area contributed by atoms with Crippen molar-refractivity contribution in [2.45, 2.75) is 39.0 Å². The number of ether oxygens (including phenoxy) is 2. The van der Waals surface area contributed by atoms with Crippen LogP contribution in [0.5, 0.6) is 11.5 Å². The van der Waals surface area contributed by atoms with Crippen molar-refractivity contribution in [1.29, 1.82) is 0 Å². The van der Waals surface area contributed by atoms with Gasteiger partial charge in [0.1, 0.15) is 0 Å². The topological polar surface area (TPSA) is 33.7 Å². The second-order valence-electron chi connectivity index (χ2n) is 6.37. The minimum Gasteiger partial charge on any atom is -0.395 e. The monoisotopic (exact) mass is 362 g/mol. The number of nitrogens with zero attached hydrogens (tertiary/aromatic N) is 1. The van der Waals surface area contributed by atoms with E-state index in [1.807, 2.05) is 6.07 Å². The summed E-state index contributed by atoms with van der Waals surface area (Å²) in [5.41, 5.74) is 1.02. The van der Waals surface area contributed by atoms with Gasteiger partial charge in [0.2, 0.25) is 0 Å². The Hall–Kier alpha value is -1.11. The van der Waals surface area contributed by atoms with Crippen LogP contribution in [0, 0.1) is 5.92 Å². The second kappa shape index (κ2) is 7.85. The van der Waals surface area contributed by atoms with Crippen LogP contribution in [0.25, 0.3) is 0 Å². The molecule has 7 heteroatoms. The summed E-state index contributed by atoms with van der Waals surface area (Å²) in [6.45, 7) is 8.24. The van der Waals surface area contributed by atoms with Crippen LogP contribution in [0.3, 0.4) is 0 Å². The number of nitrogens with one attached hydrogen (secondary N) is 1. The summed E-state index contributed by atoms with van der Waals surface area (Å²) in [5, 5.41) is 3.36. The standard InChI is InChI=1S/C17H24F2N2O2.ClH/c1-3-4-12(2)16(21-9-7-20-8-10-21)13-5-6-14-15(11-13)23-17(18,19)22-14;/h5-6,11-12,16,20H,3-4,7-10H2,1-2H3;1H/t12?,16-;/m0./s1. The van der Waals surface area contributed by atoms with Gasteiger partial charge in [0, 0.05) is 32.2 Å². The lowest BCUT2D eigenvalue weighted by Crippen LogP contribution is -2.46. The predicted octanol–water partition coefficient (Wildman–Crippen LogP) is 3.81. The van der Waals surface area contributed by atoms with Crippen molar-refractivity contribution in [3.63, 3.8) is 0 Å².